The highest BCUT2D eigenvalue weighted by Gasteiger charge is 2.46. The molecular formula is C11H27Cl2NSi3. The number of halogens is 2. The molecule has 1 aliphatic heterocycles. The summed E-state index contributed by atoms with van der Waals surface area (Å²) in [6.45, 7) is 11.6. The molecule has 0 radical (unpaired) electrons. The molecule has 0 saturated carbocycles. The fourth-order valence-electron chi connectivity index (χ4n) is 3.01. The molecule has 0 atom stereocenters. The maximum absolute atomic E-state index is 6.15. The van der Waals surface area contributed by atoms with Crippen LogP contribution in [0, 0.1) is 0 Å². The number of hydrogen-bond acceptors (Lipinski definition) is 1. The van der Waals surface area contributed by atoms with Crippen molar-refractivity contribution in [3.05, 3.63) is 0 Å². The Balaban J connectivity index is 2.40. The van der Waals surface area contributed by atoms with Crippen molar-refractivity contribution in [1.29, 1.82) is 0 Å². The van der Waals surface area contributed by atoms with Crippen LogP contribution in [0.1, 0.15) is 12.8 Å². The Bertz CT molecular complexity index is 248. The minimum absolute atomic E-state index is 1.05. The first-order valence-corrected chi connectivity index (χ1v) is 17.7. The van der Waals surface area contributed by atoms with Crippen molar-refractivity contribution in [2.45, 2.75) is 63.7 Å². The van der Waals surface area contributed by atoms with E-state index in [1.165, 1.54) is 31.5 Å². The fourth-order valence-corrected chi connectivity index (χ4v) is 18.9. The lowest BCUT2D eigenvalue weighted by molar-refractivity contribution is 0.582. The summed E-state index contributed by atoms with van der Waals surface area (Å²) in [5.41, 5.74) is 0. The first kappa shape index (κ1) is 16.2. The van der Waals surface area contributed by atoms with Gasteiger partial charge in [0, 0.05) is 0 Å². The van der Waals surface area contributed by atoms with Crippen LogP contribution in [0.4, 0.5) is 0 Å². The third-order valence-corrected chi connectivity index (χ3v) is 16.9. The normalized spacial score (nSPS) is 24.2. The van der Waals surface area contributed by atoms with Crippen LogP contribution in [-0.4, -0.2) is 33.9 Å². The molecule has 0 aromatic rings. The maximum atomic E-state index is 6.15. The first-order valence-electron chi connectivity index (χ1n) is 6.70. The Labute approximate surface area is 119 Å². The van der Waals surface area contributed by atoms with E-state index in [1.54, 1.807) is 0 Å². The molecule has 0 aromatic heterocycles. The lowest BCUT2D eigenvalue weighted by atomic mass is 10.3. The van der Waals surface area contributed by atoms with Crippen LogP contribution in [0.2, 0.25) is 50.9 Å². The Morgan fingerprint density at radius 2 is 1.47 bits per heavy atom. The molecule has 6 heteroatoms. The predicted molar refractivity (Wildman–Crippen MR) is 88.6 cm³/mol. The lowest BCUT2D eigenvalue weighted by Gasteiger charge is -2.39. The van der Waals surface area contributed by atoms with Gasteiger partial charge in [0.25, 0.3) is 0 Å². The molecule has 0 bridgehead atoms. The molecule has 1 nitrogen and oxygen atoms in total. The van der Waals surface area contributed by atoms with E-state index in [-0.39, 0.29) is 0 Å². The van der Waals surface area contributed by atoms with Crippen molar-refractivity contribution in [2.24, 2.45) is 0 Å². The molecule has 1 fully saturated rings. The molecule has 0 spiro atoms. The first-order chi connectivity index (χ1) is 7.55. The van der Waals surface area contributed by atoms with E-state index in [0.717, 1.165) is 6.04 Å². The summed E-state index contributed by atoms with van der Waals surface area (Å²) in [5.74, 6) is 0. The van der Waals surface area contributed by atoms with Crippen LogP contribution in [0.5, 0.6) is 0 Å². The van der Waals surface area contributed by atoms with E-state index in [4.69, 9.17) is 22.2 Å². The van der Waals surface area contributed by atoms with E-state index in [9.17, 15) is 0 Å². The van der Waals surface area contributed by atoms with Gasteiger partial charge < -0.3 is 4.23 Å². The van der Waals surface area contributed by atoms with Crippen molar-refractivity contribution >= 4 is 45.3 Å². The highest BCUT2D eigenvalue weighted by atomic mass is 35.7. The maximum Gasteiger partial charge on any atom is 0.248 e. The van der Waals surface area contributed by atoms with Gasteiger partial charge in [0.1, 0.15) is 16.5 Å². The summed E-state index contributed by atoms with van der Waals surface area (Å²) in [7, 11) is -2.12. The lowest BCUT2D eigenvalue weighted by Crippen LogP contribution is -2.55. The molecule has 17 heavy (non-hydrogen) atoms. The Morgan fingerprint density at radius 3 is 1.88 bits per heavy atom. The van der Waals surface area contributed by atoms with E-state index in [1.807, 2.05) is 6.55 Å². The monoisotopic (exact) mass is 327 g/mol. The average Bonchev–Trinajstić information content (AvgIpc) is 2.31. The van der Waals surface area contributed by atoms with Crippen LogP contribution >= 0.6 is 22.2 Å². The zero-order valence-corrected chi connectivity index (χ0v) is 16.5. The second-order valence-electron chi connectivity index (χ2n) is 6.80. The standard InChI is InChI=1S/C11H27Cl2NSi3/c1-15(2)10-11-16(3,4)14(15)8-6-7-9-17(5,12)13/h6-11H2,1-5H3. The number of nitrogens with zero attached hydrogens (tertiary/aromatic N) is 1. The Kier molecular flexibility index (Phi) is 5.42. The van der Waals surface area contributed by atoms with Crippen LogP contribution in [0.25, 0.3) is 0 Å². The zero-order valence-electron chi connectivity index (χ0n) is 11.9. The van der Waals surface area contributed by atoms with Gasteiger partial charge in [-0.15, -0.1) is 22.2 Å². The minimum Gasteiger partial charge on any atom is -0.345 e. The van der Waals surface area contributed by atoms with Crippen LogP contribution < -0.4 is 0 Å². The third-order valence-electron chi connectivity index (χ3n) is 4.06. The van der Waals surface area contributed by atoms with Gasteiger partial charge in [0.2, 0.25) is 6.69 Å². The molecule has 0 aliphatic carbocycles. The highest BCUT2D eigenvalue weighted by molar-refractivity contribution is 7.44. The van der Waals surface area contributed by atoms with E-state index < -0.39 is 23.2 Å². The van der Waals surface area contributed by atoms with Crippen molar-refractivity contribution in [3.8, 4) is 0 Å². The summed E-state index contributed by atoms with van der Waals surface area (Å²) in [5, 5.41) is 0. The number of unbranched alkanes of at least 4 members (excludes halogenated alkanes) is 1. The number of rotatable bonds is 5. The van der Waals surface area contributed by atoms with E-state index in [0.29, 0.717) is 0 Å². The SMILES string of the molecule is C[Si](Cl)(Cl)CCCCN1[Si](C)(C)CC[Si]1(C)C. The van der Waals surface area contributed by atoms with Crippen molar-refractivity contribution in [2.75, 3.05) is 6.54 Å². The van der Waals surface area contributed by atoms with Gasteiger partial charge in [-0.3, -0.25) is 0 Å². The van der Waals surface area contributed by atoms with Crippen LogP contribution in [-0.2, 0) is 0 Å². The molecular weight excluding hydrogens is 301 g/mol. The topological polar surface area (TPSA) is 3.24 Å². The van der Waals surface area contributed by atoms with Gasteiger partial charge in [-0.25, -0.2) is 0 Å². The predicted octanol–water partition coefficient (Wildman–Crippen LogP) is 5.04. The number of hydrogen-bond donors (Lipinski definition) is 0. The molecule has 1 heterocycles. The highest BCUT2D eigenvalue weighted by Crippen LogP contribution is 2.37. The smallest absolute Gasteiger partial charge is 0.248 e. The van der Waals surface area contributed by atoms with Gasteiger partial charge in [0.15, 0.2) is 0 Å². The second-order valence-corrected chi connectivity index (χ2v) is 24.8. The molecule has 0 N–H and O–H groups in total. The van der Waals surface area contributed by atoms with Crippen molar-refractivity contribution < 1.29 is 0 Å². The fraction of sp³-hybridized carbons (Fsp3) is 1.00. The molecule has 1 aliphatic rings. The minimum atomic E-state index is -1.86. The molecule has 0 amide bonds. The van der Waals surface area contributed by atoms with Gasteiger partial charge in [0.05, 0.1) is 0 Å². The summed E-state index contributed by atoms with van der Waals surface area (Å²) < 4.78 is 2.95. The van der Waals surface area contributed by atoms with Crippen molar-refractivity contribution in [1.82, 2.24) is 4.23 Å². The molecule has 1 rings (SSSR count). The molecule has 0 aromatic carbocycles. The van der Waals surface area contributed by atoms with Crippen LogP contribution in [0.15, 0.2) is 0 Å². The Morgan fingerprint density at radius 1 is 1.00 bits per heavy atom. The van der Waals surface area contributed by atoms with Gasteiger partial charge >= 0.3 is 0 Å². The van der Waals surface area contributed by atoms with Gasteiger partial charge in [-0.2, -0.15) is 0 Å². The summed E-state index contributed by atoms with van der Waals surface area (Å²) in [4.78, 5) is 0. The largest absolute Gasteiger partial charge is 0.345 e. The van der Waals surface area contributed by atoms with Gasteiger partial charge in [-0.05, 0) is 37.6 Å². The quantitative estimate of drug-likeness (QED) is 0.388. The molecule has 102 valence electrons. The summed E-state index contributed by atoms with van der Waals surface area (Å²) in [6, 6.07) is 4.06. The second kappa shape index (κ2) is 5.67. The van der Waals surface area contributed by atoms with Crippen molar-refractivity contribution in [3.63, 3.8) is 0 Å². The van der Waals surface area contributed by atoms with Crippen LogP contribution in [0.3, 0.4) is 0 Å². The molecule has 0 unspecified atom stereocenters. The average molecular weight is 329 g/mol. The summed E-state index contributed by atoms with van der Waals surface area (Å²) >= 11 is 12.3. The Hall–Kier alpha value is 1.19. The van der Waals surface area contributed by atoms with E-state index >= 15 is 0 Å². The van der Waals surface area contributed by atoms with Gasteiger partial charge in [-0.1, -0.05) is 32.6 Å². The van der Waals surface area contributed by atoms with E-state index in [2.05, 4.69) is 30.4 Å². The third kappa shape index (κ3) is 4.99. The zero-order chi connectivity index (χ0) is 13.3. The summed E-state index contributed by atoms with van der Waals surface area (Å²) in [6.07, 6.45) is 2.50. The molecule has 1 saturated heterocycles.